The number of hydrogen-bond acceptors (Lipinski definition) is 4. The molecule has 0 amide bonds. The van der Waals surface area contributed by atoms with Gasteiger partial charge in [0.25, 0.3) is 0 Å². The molecule has 0 aliphatic carbocycles. The summed E-state index contributed by atoms with van der Waals surface area (Å²) in [5.41, 5.74) is 1.18. The second-order valence-corrected chi connectivity index (χ2v) is 18.7. The van der Waals surface area contributed by atoms with Crippen LogP contribution in [0.3, 0.4) is 0 Å². The van der Waals surface area contributed by atoms with Gasteiger partial charge in [0.1, 0.15) is 0 Å². The molecule has 1 saturated heterocycles. The van der Waals surface area contributed by atoms with Gasteiger partial charge in [-0.05, 0) is 50.0 Å². The van der Waals surface area contributed by atoms with E-state index in [2.05, 4.69) is 144 Å². The molecule has 1 fully saturated rings. The summed E-state index contributed by atoms with van der Waals surface area (Å²) in [6.45, 7) is 3.14. The molecule has 0 aromatic heterocycles. The van der Waals surface area contributed by atoms with Crippen LogP contribution in [0.2, 0.25) is 0 Å². The molecular weight excluding hydrogens is 564 g/mol. The minimum absolute atomic E-state index is 0.719. The summed E-state index contributed by atoms with van der Waals surface area (Å²) in [6.07, 6.45) is 0. The zero-order valence-electron chi connectivity index (χ0n) is 22.2. The van der Waals surface area contributed by atoms with Crippen molar-refractivity contribution in [3.8, 4) is 0 Å². The molecule has 6 heteroatoms. The van der Waals surface area contributed by atoms with Crippen molar-refractivity contribution < 1.29 is 4.74 Å². The summed E-state index contributed by atoms with van der Waals surface area (Å²) in [4.78, 5) is 2.43. The Kier molecular flexibility index (Phi) is 8.17. The Morgan fingerprint density at radius 2 is 0.775 bits per heavy atom. The lowest BCUT2D eigenvalue weighted by Gasteiger charge is -2.33. The third-order valence-corrected chi connectivity index (χ3v) is 17.3. The van der Waals surface area contributed by atoms with Crippen LogP contribution in [0.1, 0.15) is 0 Å². The van der Waals surface area contributed by atoms with Crippen LogP contribution in [0.4, 0.5) is 5.69 Å². The Hall–Kier alpha value is -2.84. The maximum absolute atomic E-state index is 6.82. The zero-order chi connectivity index (χ0) is 27.4. The summed E-state index contributed by atoms with van der Waals surface area (Å²) < 4.78 is 5.72. The van der Waals surface area contributed by atoms with Crippen molar-refractivity contribution in [3.05, 3.63) is 140 Å². The van der Waals surface area contributed by atoms with Crippen LogP contribution >= 0.6 is 12.1 Å². The first-order chi connectivity index (χ1) is 19.6. The van der Waals surface area contributed by atoms with Gasteiger partial charge in [-0.3, -0.25) is 0 Å². The fraction of sp³-hybridized carbons (Fsp3) is 0.118. The number of anilines is 1. The average Bonchev–Trinajstić information content (AvgIpc) is 3.06. The third-order valence-electron chi connectivity index (χ3n) is 7.47. The van der Waals surface area contributed by atoms with Crippen molar-refractivity contribution in [1.29, 1.82) is 0 Å². The van der Waals surface area contributed by atoms with Crippen LogP contribution in [0.25, 0.3) is 0 Å². The highest BCUT2D eigenvalue weighted by atomic mass is 32.4. The van der Waals surface area contributed by atoms with E-state index in [1.54, 1.807) is 0 Å². The van der Waals surface area contributed by atoms with Gasteiger partial charge < -0.3 is 9.64 Å². The van der Waals surface area contributed by atoms with Crippen LogP contribution in [-0.2, 0) is 28.4 Å². The summed E-state index contributed by atoms with van der Waals surface area (Å²) in [6, 6.07) is 44.9. The summed E-state index contributed by atoms with van der Waals surface area (Å²) in [5.74, 6) is 0. The van der Waals surface area contributed by atoms with Crippen LogP contribution < -0.4 is 36.7 Å². The maximum Gasteiger partial charge on any atom is 0.0642 e. The number of ether oxygens (including phenoxy) is 1. The molecule has 5 aromatic rings. The zero-order valence-corrected chi connectivity index (χ0v) is 25.6. The molecule has 200 valence electrons. The molecule has 0 saturated carbocycles. The number of hydrogen-bond donors (Lipinski definition) is 0. The standard InChI is InChI=1S/C34H31NOP2S2/c39-37(29-13-5-1-6-14-29,30-15-7-2-8-16-30)33-25-28(35-21-23-36-24-22-35)26-34(27-33)38(40,31-17-9-3-10-18-31)32-19-11-4-12-20-32/h1-20,25-27H,21-24H2. The van der Waals surface area contributed by atoms with Gasteiger partial charge in [0.2, 0.25) is 0 Å². The van der Waals surface area contributed by atoms with E-state index in [1.165, 1.54) is 37.5 Å². The van der Waals surface area contributed by atoms with E-state index in [-0.39, 0.29) is 0 Å². The van der Waals surface area contributed by atoms with Crippen molar-refractivity contribution in [2.24, 2.45) is 0 Å². The van der Waals surface area contributed by atoms with E-state index in [0.717, 1.165) is 26.3 Å². The minimum atomic E-state index is -2.39. The Balaban J connectivity index is 1.66. The number of benzene rings is 5. The monoisotopic (exact) mass is 595 g/mol. The molecule has 1 aliphatic heterocycles. The molecule has 0 atom stereocenters. The van der Waals surface area contributed by atoms with Crippen molar-refractivity contribution in [2.45, 2.75) is 0 Å². The highest BCUT2D eigenvalue weighted by Gasteiger charge is 2.31. The Labute approximate surface area is 247 Å². The molecule has 0 bridgehead atoms. The lowest BCUT2D eigenvalue weighted by molar-refractivity contribution is 0.122. The fourth-order valence-electron chi connectivity index (χ4n) is 5.39. The van der Waals surface area contributed by atoms with E-state index in [4.69, 9.17) is 28.4 Å². The first-order valence-electron chi connectivity index (χ1n) is 13.5. The Morgan fingerprint density at radius 3 is 1.10 bits per heavy atom. The molecule has 1 heterocycles. The predicted molar refractivity (Wildman–Crippen MR) is 182 cm³/mol. The molecule has 0 unspecified atom stereocenters. The highest BCUT2D eigenvalue weighted by molar-refractivity contribution is 8.26. The van der Waals surface area contributed by atoms with Crippen LogP contribution in [0.5, 0.6) is 0 Å². The quantitative estimate of drug-likeness (QED) is 0.245. The largest absolute Gasteiger partial charge is 0.378 e. The minimum Gasteiger partial charge on any atom is -0.378 e. The van der Waals surface area contributed by atoms with E-state index < -0.39 is 12.1 Å². The van der Waals surface area contributed by atoms with E-state index in [9.17, 15) is 0 Å². The van der Waals surface area contributed by atoms with Gasteiger partial charge in [-0.15, -0.1) is 0 Å². The van der Waals surface area contributed by atoms with E-state index in [1.807, 2.05) is 0 Å². The fourth-order valence-corrected chi connectivity index (χ4v) is 13.0. The topological polar surface area (TPSA) is 12.5 Å². The maximum atomic E-state index is 6.82. The lowest BCUT2D eigenvalue weighted by Crippen LogP contribution is -2.38. The highest BCUT2D eigenvalue weighted by Crippen LogP contribution is 2.47. The van der Waals surface area contributed by atoms with Crippen LogP contribution in [0.15, 0.2) is 140 Å². The molecule has 5 aromatic carbocycles. The molecule has 2 nitrogen and oxygen atoms in total. The Morgan fingerprint density at radius 1 is 0.450 bits per heavy atom. The van der Waals surface area contributed by atoms with Crippen molar-refractivity contribution in [2.75, 3.05) is 31.2 Å². The summed E-state index contributed by atoms with van der Waals surface area (Å²) >= 11 is 13.6. The van der Waals surface area contributed by atoms with Crippen molar-refractivity contribution >= 4 is 73.2 Å². The van der Waals surface area contributed by atoms with Gasteiger partial charge >= 0.3 is 0 Å². The first-order valence-corrected chi connectivity index (χ1v) is 19.1. The molecular formula is C34H31NOP2S2. The SMILES string of the molecule is S=P(c1ccccc1)(c1ccccc1)c1cc(N2CCOCC2)cc(P(=S)(c2ccccc2)c2ccccc2)c1. The number of morpholine rings is 1. The van der Waals surface area contributed by atoms with Crippen LogP contribution in [-0.4, -0.2) is 26.3 Å². The summed E-state index contributed by atoms with van der Waals surface area (Å²) in [5, 5.41) is 7.12. The van der Waals surface area contributed by atoms with Gasteiger partial charge in [0.05, 0.1) is 13.2 Å². The van der Waals surface area contributed by atoms with Gasteiger partial charge in [0, 0.05) is 30.9 Å². The number of rotatable bonds is 7. The van der Waals surface area contributed by atoms with Gasteiger partial charge in [-0.25, -0.2) is 0 Å². The molecule has 6 rings (SSSR count). The smallest absolute Gasteiger partial charge is 0.0642 e. The van der Waals surface area contributed by atoms with E-state index in [0.29, 0.717) is 0 Å². The lowest BCUT2D eigenvalue weighted by atomic mass is 10.2. The van der Waals surface area contributed by atoms with Gasteiger partial charge in [-0.1, -0.05) is 145 Å². The third kappa shape index (κ3) is 5.16. The summed E-state index contributed by atoms with van der Waals surface area (Å²) in [7, 11) is 0. The van der Waals surface area contributed by atoms with Crippen molar-refractivity contribution in [1.82, 2.24) is 0 Å². The average molecular weight is 596 g/mol. The molecule has 0 spiro atoms. The molecule has 40 heavy (non-hydrogen) atoms. The number of nitrogens with zero attached hydrogens (tertiary/aromatic N) is 1. The van der Waals surface area contributed by atoms with Gasteiger partial charge in [-0.2, -0.15) is 0 Å². The van der Waals surface area contributed by atoms with Gasteiger partial charge in [0.15, 0.2) is 0 Å². The van der Waals surface area contributed by atoms with Crippen molar-refractivity contribution in [3.63, 3.8) is 0 Å². The van der Waals surface area contributed by atoms with E-state index >= 15 is 0 Å². The molecule has 0 N–H and O–H groups in total. The molecule has 1 aliphatic rings. The predicted octanol–water partition coefficient (Wildman–Crippen LogP) is 5.03. The Bertz CT molecular complexity index is 1470. The normalized spacial score (nSPS) is 14.2. The molecule has 0 radical (unpaired) electrons. The van der Waals surface area contributed by atoms with Crippen LogP contribution in [0, 0.1) is 0 Å². The second-order valence-electron chi connectivity index (χ2n) is 9.87. The second kappa shape index (κ2) is 12.0. The first kappa shape index (κ1) is 27.3.